The lowest BCUT2D eigenvalue weighted by Crippen LogP contribution is -2.43. The zero-order chi connectivity index (χ0) is 82.4. The molecule has 6 amide bonds. The van der Waals surface area contributed by atoms with Gasteiger partial charge in [-0.05, 0) is 148 Å². The minimum absolute atomic E-state index is 0.0148. The van der Waals surface area contributed by atoms with Crippen molar-refractivity contribution < 1.29 is 47.7 Å². The number of carbonyl (C=O) groups is 6. The molecule has 12 heterocycles. The average molecular weight is 1630 g/mol. The van der Waals surface area contributed by atoms with Gasteiger partial charge in [0.2, 0.25) is 35.4 Å². The fourth-order valence-corrected chi connectivity index (χ4v) is 19.2. The highest BCUT2D eigenvalue weighted by Crippen LogP contribution is 2.54. The highest BCUT2D eigenvalue weighted by molar-refractivity contribution is 5.94. The number of nitrogens with zero attached hydrogens (tertiary/aromatic N) is 8. The standard InChI is InChI=1S/C52H50N8O6.C44H42N8O4/c61-49(31-15-16-31)57-45(29-9-3-1-4-10-29)51(63)59-19-7-13-39(59)47-53-25-37(55-47)33-21-35-27-66-42-24-34(22-36-28-65-41(23-33)43(35)44(36)42)38-26-54-48(56-38)40-14-8-20-60(40)52(64)46(30-11-5-2-6-12-30)58-50(62)32-17-18-32;45-39(25-9-3-1-4-10-25)43(53)51-15-7-13-33(51)41-47-21-31(49-41)27-17-29-23-56-36-20-28(18-30-24-55-35(19-27)37(29)38(30)36)32-22-48-42(50-32)34-14-8-16-52(34)44(54)40(46)26-11-5-2-6-12-26/h1-6,9-12,21-26,31-32,39-40,45-46H,7-8,13-20,27-28H2,(H,53,55)(H,54,56)(H,57,61)(H,58,62);1-6,9-12,17-22,33-34,39-40H,7-8,13-16,23-24,45-46H2,(H,47,49)(H,48,50)/t39-,40-,45+,46+;33-,34-,39+,40+/m00/s1. The van der Waals surface area contributed by atoms with Crippen LogP contribution in [0.25, 0.3) is 67.3 Å². The molecular formula is C96H92N16O10. The summed E-state index contributed by atoms with van der Waals surface area (Å²) in [4.78, 5) is 122. The molecule has 0 spiro atoms. The zero-order valence-corrected chi connectivity index (χ0v) is 67.2. The fraction of sp³-hybridized carbons (Fsp3) is 0.312. The number of hydrogen-bond donors (Lipinski definition) is 8. The average Bonchev–Trinajstić information content (AvgIpc) is 0.801. The lowest BCUT2D eigenvalue weighted by Gasteiger charge is -2.30. The number of nitrogens with two attached hydrogens (primary N) is 2. The van der Waals surface area contributed by atoms with E-state index in [2.05, 4.69) is 67.0 Å². The normalized spacial score (nSPS) is 19.8. The molecule has 616 valence electrons. The Hall–Kier alpha value is -13.5. The van der Waals surface area contributed by atoms with E-state index in [-0.39, 0.29) is 71.4 Å². The molecule has 10 N–H and O–H groups in total. The van der Waals surface area contributed by atoms with Crippen molar-refractivity contribution in [1.29, 1.82) is 0 Å². The summed E-state index contributed by atoms with van der Waals surface area (Å²) < 4.78 is 25.9. The van der Waals surface area contributed by atoms with Crippen LogP contribution in [0.1, 0.15) is 193 Å². The van der Waals surface area contributed by atoms with Crippen LogP contribution in [0.4, 0.5) is 0 Å². The number of nitrogens with one attached hydrogen (secondary N) is 6. The van der Waals surface area contributed by atoms with Crippen LogP contribution in [0.2, 0.25) is 0 Å². The van der Waals surface area contributed by atoms with Crippen LogP contribution < -0.4 is 41.0 Å². The number of ether oxygens (including phenoxy) is 4. The number of aromatic amines is 4. The lowest BCUT2D eigenvalue weighted by atomic mass is 9.87. The molecule has 4 aromatic heterocycles. The molecule has 0 unspecified atom stereocenters. The Morgan fingerprint density at radius 3 is 0.852 bits per heavy atom. The first-order valence-corrected chi connectivity index (χ1v) is 42.7. The molecule has 4 saturated heterocycles. The number of H-pyrrole nitrogens is 4. The second-order valence-electron chi connectivity index (χ2n) is 33.7. The molecule has 6 fully saturated rings. The monoisotopic (exact) mass is 1630 g/mol. The lowest BCUT2D eigenvalue weighted by molar-refractivity contribution is -0.138. The van der Waals surface area contributed by atoms with E-state index in [1.807, 2.05) is 178 Å². The number of aromatic nitrogens is 8. The molecule has 22 rings (SSSR count). The predicted molar refractivity (Wildman–Crippen MR) is 453 cm³/mol. The van der Waals surface area contributed by atoms with Crippen LogP contribution in [0.15, 0.2) is 195 Å². The van der Waals surface area contributed by atoms with E-state index < -0.39 is 24.2 Å². The topological polar surface area (TPSA) is 343 Å². The van der Waals surface area contributed by atoms with Gasteiger partial charge in [-0.2, -0.15) is 0 Å². The van der Waals surface area contributed by atoms with Crippen LogP contribution in [0, 0.1) is 11.8 Å². The van der Waals surface area contributed by atoms with Crippen LogP contribution in [-0.4, -0.2) is 121 Å². The molecule has 122 heavy (non-hydrogen) atoms. The van der Waals surface area contributed by atoms with E-state index in [0.717, 1.165) is 223 Å². The highest BCUT2D eigenvalue weighted by Gasteiger charge is 2.44. The van der Waals surface area contributed by atoms with Gasteiger partial charge in [0.05, 0.1) is 71.7 Å². The molecule has 0 bridgehead atoms. The van der Waals surface area contributed by atoms with E-state index in [4.69, 9.17) is 50.4 Å². The van der Waals surface area contributed by atoms with Crippen LogP contribution >= 0.6 is 0 Å². The molecule has 8 aliphatic heterocycles. The summed E-state index contributed by atoms with van der Waals surface area (Å²) in [5, 5.41) is 6.12. The first-order chi connectivity index (χ1) is 59.7. The van der Waals surface area contributed by atoms with Crippen LogP contribution in [0.3, 0.4) is 0 Å². The Morgan fingerprint density at radius 2 is 0.590 bits per heavy atom. The van der Waals surface area contributed by atoms with Crippen molar-refractivity contribution in [1.82, 2.24) is 70.1 Å². The molecule has 10 aliphatic rings. The maximum atomic E-state index is 14.2. The summed E-state index contributed by atoms with van der Waals surface area (Å²) in [6, 6.07) is 50.9. The van der Waals surface area contributed by atoms with Crippen LogP contribution in [0.5, 0.6) is 23.0 Å². The Bertz CT molecular complexity index is 5610. The number of likely N-dealkylation sites (tertiary alicyclic amines) is 4. The number of imidazole rings is 4. The highest BCUT2D eigenvalue weighted by atomic mass is 16.5. The van der Waals surface area contributed by atoms with Gasteiger partial charge in [-0.3, -0.25) is 28.8 Å². The Morgan fingerprint density at radius 1 is 0.336 bits per heavy atom. The Balaban J connectivity index is 0.000000152. The summed E-state index contributed by atoms with van der Waals surface area (Å²) in [6.45, 7) is 3.91. The van der Waals surface area contributed by atoms with Gasteiger partial charge in [-0.25, -0.2) is 19.9 Å². The second-order valence-corrected chi connectivity index (χ2v) is 33.7. The molecule has 12 aromatic rings. The van der Waals surface area contributed by atoms with Crippen molar-refractivity contribution >= 4 is 35.4 Å². The Labute approximate surface area is 703 Å². The molecule has 26 heteroatoms. The molecule has 26 nitrogen and oxygen atoms in total. The Kier molecular flexibility index (Phi) is 19.7. The number of amides is 6. The second kappa shape index (κ2) is 31.6. The van der Waals surface area contributed by atoms with Crippen molar-refractivity contribution in [3.63, 3.8) is 0 Å². The van der Waals surface area contributed by atoms with Crippen molar-refractivity contribution in [2.75, 3.05) is 26.2 Å². The molecular weight excluding hydrogens is 1540 g/mol. The van der Waals surface area contributed by atoms with Gasteiger partial charge in [0.15, 0.2) is 0 Å². The summed E-state index contributed by atoms with van der Waals surface area (Å²) in [7, 11) is 0. The van der Waals surface area contributed by atoms with E-state index in [0.29, 0.717) is 64.3 Å². The fourth-order valence-electron chi connectivity index (χ4n) is 19.2. The third-order valence-electron chi connectivity index (χ3n) is 25.9. The third-order valence-corrected chi connectivity index (χ3v) is 25.9. The molecule has 8 atom stereocenters. The molecule has 0 radical (unpaired) electrons. The first-order valence-electron chi connectivity index (χ1n) is 42.7. The van der Waals surface area contributed by atoms with Crippen molar-refractivity contribution in [2.24, 2.45) is 23.3 Å². The molecule has 2 saturated carbocycles. The smallest absolute Gasteiger partial charge is 0.250 e. The SMILES string of the molecule is N[C@@H](C(=O)N1CCC[C@H]1c1ncc(-c2cc3c4c(c2)OCc2cc(-c5cnc([C@@H]6CCCN6C(=O)[C@H](N)c6ccccc6)[nH]5)cc(c2-4)OC3)[nH]1)c1ccccc1.O=C(N[C@@H](C(=O)N1CCC[C@H]1c1ncc(-c2cc3c4c(c2)OCc2cc(-c5cnc([C@@H]6CCCN6C(=O)[C@H](NC(=O)C6CC6)c6ccccc6)[nH]5)cc(c2-4)OC3)[nH]1)c1ccccc1)C1CC1. The zero-order valence-electron chi connectivity index (χ0n) is 67.2. The van der Waals surface area contributed by atoms with Crippen molar-refractivity contribution in [3.05, 3.63) is 262 Å². The van der Waals surface area contributed by atoms with Gasteiger partial charge in [0.25, 0.3) is 0 Å². The maximum absolute atomic E-state index is 14.2. The van der Waals surface area contributed by atoms with Gasteiger partial charge < -0.3 is 80.6 Å². The van der Waals surface area contributed by atoms with Gasteiger partial charge in [-0.15, -0.1) is 0 Å². The third kappa shape index (κ3) is 14.3. The molecule has 8 aromatic carbocycles. The van der Waals surface area contributed by atoms with E-state index >= 15 is 0 Å². The number of benzene rings is 8. The molecule has 2 aliphatic carbocycles. The van der Waals surface area contributed by atoms with Gasteiger partial charge >= 0.3 is 0 Å². The maximum Gasteiger partial charge on any atom is 0.250 e. The van der Waals surface area contributed by atoms with Gasteiger partial charge in [0.1, 0.15) is 96.9 Å². The summed E-state index contributed by atoms with van der Waals surface area (Å²) in [6.07, 6.45) is 17.3. The minimum atomic E-state index is -0.756. The largest absolute Gasteiger partial charge is 0.488 e. The summed E-state index contributed by atoms with van der Waals surface area (Å²) in [5.41, 5.74) is 31.2. The number of hydrogen-bond acceptors (Lipinski definition) is 16. The van der Waals surface area contributed by atoms with Crippen molar-refractivity contribution in [2.45, 2.75) is 152 Å². The number of rotatable bonds is 20. The predicted octanol–water partition coefficient (Wildman–Crippen LogP) is 14.4. The first kappa shape index (κ1) is 76.0. The van der Waals surface area contributed by atoms with Crippen LogP contribution in [-0.2, 0) is 55.2 Å². The van der Waals surface area contributed by atoms with E-state index in [1.54, 1.807) is 0 Å². The van der Waals surface area contributed by atoms with Gasteiger partial charge in [0, 0.05) is 105 Å². The minimum Gasteiger partial charge on any atom is -0.488 e. The quantitative estimate of drug-likeness (QED) is 0.0351. The van der Waals surface area contributed by atoms with E-state index in [9.17, 15) is 28.8 Å². The summed E-state index contributed by atoms with van der Waals surface area (Å²) >= 11 is 0. The van der Waals surface area contributed by atoms with E-state index in [1.165, 1.54) is 0 Å². The summed E-state index contributed by atoms with van der Waals surface area (Å²) in [5.74, 6) is 5.47. The van der Waals surface area contributed by atoms with Gasteiger partial charge in [-0.1, -0.05) is 121 Å². The van der Waals surface area contributed by atoms with Crippen molar-refractivity contribution in [3.8, 4) is 90.3 Å². The number of carbonyl (C=O) groups excluding carboxylic acids is 6.